The molecule has 0 saturated carbocycles. The summed E-state index contributed by atoms with van der Waals surface area (Å²) in [7, 11) is 3.61. The molecule has 6 nitrogen and oxygen atoms in total. The molecule has 0 bridgehead atoms. The van der Waals surface area contributed by atoms with Crippen LogP contribution in [-0.4, -0.2) is 79.6 Å². The smallest absolute Gasteiger partial charge is 0.236 e. The number of carbonyl (C=O) groups is 1. The second-order valence-corrected chi connectivity index (χ2v) is 6.06. The number of nitrogens with zero attached hydrogens (tertiary/aromatic N) is 3. The summed E-state index contributed by atoms with van der Waals surface area (Å²) in [6.07, 6.45) is 3.70. The molecule has 3 rings (SSSR count). The van der Waals surface area contributed by atoms with Gasteiger partial charge in [0, 0.05) is 45.8 Å². The van der Waals surface area contributed by atoms with Crippen molar-refractivity contribution < 1.29 is 13.9 Å². The van der Waals surface area contributed by atoms with Gasteiger partial charge in [-0.15, -0.1) is 0 Å². The Kier molecular flexibility index (Phi) is 4.28. The summed E-state index contributed by atoms with van der Waals surface area (Å²) in [5.41, 5.74) is 1.18. The van der Waals surface area contributed by atoms with E-state index in [0.717, 1.165) is 26.2 Å². The van der Waals surface area contributed by atoms with Crippen LogP contribution in [0.2, 0.25) is 0 Å². The molecule has 0 radical (unpaired) electrons. The summed E-state index contributed by atoms with van der Waals surface area (Å²) < 4.78 is 11.0. The van der Waals surface area contributed by atoms with Gasteiger partial charge < -0.3 is 14.1 Å². The van der Waals surface area contributed by atoms with E-state index in [9.17, 15) is 4.79 Å². The number of ether oxygens (including phenoxy) is 1. The molecule has 2 fully saturated rings. The molecule has 21 heavy (non-hydrogen) atoms. The number of fused-ring (bicyclic) bond motifs is 1. The molecule has 0 N–H and O–H groups in total. The van der Waals surface area contributed by atoms with Crippen molar-refractivity contribution in [2.75, 3.05) is 46.9 Å². The molecule has 0 unspecified atom stereocenters. The molecule has 3 heterocycles. The number of likely N-dealkylation sites (N-methyl/N-ethyl adjacent to an activating group) is 1. The van der Waals surface area contributed by atoms with Gasteiger partial charge in [0.1, 0.15) is 0 Å². The fourth-order valence-corrected chi connectivity index (χ4v) is 3.12. The number of carbonyl (C=O) groups excluding carboxylic acids is 1. The Balaban J connectivity index is 1.61. The van der Waals surface area contributed by atoms with E-state index in [1.807, 2.05) is 6.07 Å². The second kappa shape index (κ2) is 6.17. The molecule has 0 aliphatic carbocycles. The van der Waals surface area contributed by atoms with Crippen molar-refractivity contribution in [2.24, 2.45) is 0 Å². The van der Waals surface area contributed by atoms with Gasteiger partial charge in [-0.05, 0) is 6.07 Å². The first-order chi connectivity index (χ1) is 10.1. The third kappa shape index (κ3) is 3.28. The molecule has 1 amide bonds. The lowest BCUT2D eigenvalue weighted by atomic mass is 10.1. The number of amides is 1. The maximum absolute atomic E-state index is 12.0. The first-order valence-corrected chi connectivity index (χ1v) is 7.42. The van der Waals surface area contributed by atoms with Crippen LogP contribution in [0.25, 0.3) is 0 Å². The minimum Gasteiger partial charge on any atom is -0.472 e. The summed E-state index contributed by atoms with van der Waals surface area (Å²) >= 11 is 0. The van der Waals surface area contributed by atoms with Crippen LogP contribution in [0, 0.1) is 0 Å². The van der Waals surface area contributed by atoms with Crippen molar-refractivity contribution >= 4 is 5.91 Å². The Hall–Kier alpha value is -1.37. The number of furan rings is 1. The molecular weight excluding hydrogens is 270 g/mol. The molecule has 2 aliphatic heterocycles. The van der Waals surface area contributed by atoms with E-state index in [-0.39, 0.29) is 12.0 Å². The third-order valence-electron chi connectivity index (χ3n) is 4.32. The van der Waals surface area contributed by atoms with Crippen LogP contribution in [-0.2, 0) is 16.1 Å². The van der Waals surface area contributed by atoms with Crippen LogP contribution in [0.1, 0.15) is 5.56 Å². The highest BCUT2D eigenvalue weighted by molar-refractivity contribution is 5.77. The fourth-order valence-electron chi connectivity index (χ4n) is 3.12. The average Bonchev–Trinajstić information content (AvgIpc) is 3.08. The van der Waals surface area contributed by atoms with Gasteiger partial charge in [-0.1, -0.05) is 0 Å². The van der Waals surface area contributed by atoms with Crippen LogP contribution in [0.15, 0.2) is 23.0 Å². The first-order valence-electron chi connectivity index (χ1n) is 7.42. The largest absolute Gasteiger partial charge is 0.472 e. The molecule has 2 aliphatic rings. The van der Waals surface area contributed by atoms with Gasteiger partial charge in [0.15, 0.2) is 0 Å². The van der Waals surface area contributed by atoms with E-state index in [4.69, 9.17) is 9.15 Å². The topological polar surface area (TPSA) is 49.2 Å². The number of hydrogen-bond acceptors (Lipinski definition) is 5. The highest BCUT2D eigenvalue weighted by Crippen LogP contribution is 2.24. The van der Waals surface area contributed by atoms with Gasteiger partial charge in [-0.2, -0.15) is 0 Å². The number of morpholine rings is 1. The molecule has 116 valence electrons. The molecular formula is C15H23N3O3. The quantitative estimate of drug-likeness (QED) is 0.796. The normalized spacial score (nSPS) is 26.8. The molecule has 1 aromatic rings. The van der Waals surface area contributed by atoms with E-state index in [1.165, 1.54) is 5.56 Å². The lowest BCUT2D eigenvalue weighted by Crippen LogP contribution is -2.53. The molecule has 2 saturated heterocycles. The molecule has 6 heteroatoms. The Morgan fingerprint density at radius 2 is 2.29 bits per heavy atom. The van der Waals surface area contributed by atoms with Crippen molar-refractivity contribution in [3.63, 3.8) is 0 Å². The molecule has 0 aromatic carbocycles. The van der Waals surface area contributed by atoms with E-state index >= 15 is 0 Å². The Labute approximate surface area is 125 Å². The zero-order chi connectivity index (χ0) is 14.8. The van der Waals surface area contributed by atoms with Gasteiger partial charge in [0.25, 0.3) is 0 Å². The second-order valence-electron chi connectivity index (χ2n) is 6.06. The van der Waals surface area contributed by atoms with Gasteiger partial charge in [-0.25, -0.2) is 0 Å². The maximum atomic E-state index is 12.0. The summed E-state index contributed by atoms with van der Waals surface area (Å²) in [6.45, 7) is 4.76. The highest BCUT2D eigenvalue weighted by Gasteiger charge is 2.40. The van der Waals surface area contributed by atoms with Crippen molar-refractivity contribution in [1.82, 2.24) is 14.7 Å². The van der Waals surface area contributed by atoms with Crippen molar-refractivity contribution in [1.29, 1.82) is 0 Å². The molecule has 1 aromatic heterocycles. The Morgan fingerprint density at radius 3 is 3.00 bits per heavy atom. The first kappa shape index (κ1) is 14.6. The summed E-state index contributed by atoms with van der Waals surface area (Å²) in [6, 6.07) is 2.31. The molecule has 0 spiro atoms. The van der Waals surface area contributed by atoms with Crippen LogP contribution in [0.5, 0.6) is 0 Å². The maximum Gasteiger partial charge on any atom is 0.236 e. The van der Waals surface area contributed by atoms with E-state index in [1.54, 1.807) is 31.5 Å². The summed E-state index contributed by atoms with van der Waals surface area (Å²) in [4.78, 5) is 18.3. The Bertz CT molecular complexity index is 475. The minimum atomic E-state index is 0.156. The van der Waals surface area contributed by atoms with Gasteiger partial charge in [0.2, 0.25) is 5.91 Å². The lowest BCUT2D eigenvalue weighted by molar-refractivity contribution is -0.133. The predicted molar refractivity (Wildman–Crippen MR) is 77.8 cm³/mol. The standard InChI is InChI=1S/C15H23N3O3/c1-16(2)15(19)10-18-4-6-21-14-9-17(8-13(14)18)7-12-3-5-20-11-12/h3,5,11,13-14H,4,6-10H2,1-2H3/t13-,14+/m0/s1. The van der Waals surface area contributed by atoms with Crippen LogP contribution in [0.4, 0.5) is 0 Å². The summed E-state index contributed by atoms with van der Waals surface area (Å²) in [5.74, 6) is 0.156. The van der Waals surface area contributed by atoms with Crippen LogP contribution < -0.4 is 0 Å². The number of likely N-dealkylation sites (tertiary alicyclic amines) is 1. The number of hydrogen-bond donors (Lipinski definition) is 0. The minimum absolute atomic E-state index is 0.156. The average molecular weight is 293 g/mol. The summed E-state index contributed by atoms with van der Waals surface area (Å²) in [5, 5.41) is 0. The van der Waals surface area contributed by atoms with Crippen molar-refractivity contribution in [2.45, 2.75) is 18.7 Å². The molecule has 2 atom stereocenters. The van der Waals surface area contributed by atoms with Gasteiger partial charge >= 0.3 is 0 Å². The van der Waals surface area contributed by atoms with Crippen LogP contribution in [0.3, 0.4) is 0 Å². The predicted octanol–water partition coefficient (Wildman–Crippen LogP) is 0.253. The zero-order valence-corrected chi connectivity index (χ0v) is 12.7. The zero-order valence-electron chi connectivity index (χ0n) is 12.7. The Morgan fingerprint density at radius 1 is 1.43 bits per heavy atom. The SMILES string of the molecule is CN(C)C(=O)CN1CCO[C@@H]2CN(Cc3ccoc3)C[C@@H]21. The number of rotatable bonds is 4. The monoisotopic (exact) mass is 293 g/mol. The van der Waals surface area contributed by atoms with E-state index in [0.29, 0.717) is 19.2 Å². The van der Waals surface area contributed by atoms with Crippen molar-refractivity contribution in [3.05, 3.63) is 24.2 Å². The van der Waals surface area contributed by atoms with Crippen LogP contribution >= 0.6 is 0 Å². The third-order valence-corrected chi connectivity index (χ3v) is 4.32. The van der Waals surface area contributed by atoms with Gasteiger partial charge in [0.05, 0.1) is 37.8 Å². The van der Waals surface area contributed by atoms with Crippen molar-refractivity contribution in [3.8, 4) is 0 Å². The van der Waals surface area contributed by atoms with Gasteiger partial charge in [-0.3, -0.25) is 14.6 Å². The highest BCUT2D eigenvalue weighted by atomic mass is 16.5. The lowest BCUT2D eigenvalue weighted by Gasteiger charge is -2.36. The van der Waals surface area contributed by atoms with E-state index in [2.05, 4.69) is 9.80 Å². The van der Waals surface area contributed by atoms with E-state index < -0.39 is 0 Å². The fraction of sp³-hybridized carbons (Fsp3) is 0.667.